The number of esters is 4. The minimum absolute atomic E-state index is 0.0186. The summed E-state index contributed by atoms with van der Waals surface area (Å²) in [4.78, 5) is 87.2. The minimum atomic E-state index is -2.40. The molecule has 5 aliphatic rings. The second kappa shape index (κ2) is 17.7. The van der Waals surface area contributed by atoms with E-state index in [4.69, 9.17) is 72.7 Å². The highest BCUT2D eigenvalue weighted by atomic mass is 35.6. The number of alkyl halides is 3. The lowest BCUT2D eigenvalue weighted by Crippen LogP contribution is -2.82. The van der Waals surface area contributed by atoms with Gasteiger partial charge in [0, 0.05) is 32.1 Å². The molecule has 2 saturated heterocycles. The van der Waals surface area contributed by atoms with Crippen LogP contribution in [0, 0.1) is 16.7 Å². The number of fused-ring (bicyclic) bond motifs is 5. The number of aliphatic hydroxyl groups is 1. The van der Waals surface area contributed by atoms with Crippen LogP contribution in [0.25, 0.3) is 0 Å². The van der Waals surface area contributed by atoms with Crippen molar-refractivity contribution in [1.82, 2.24) is 4.90 Å². The lowest BCUT2D eigenvalue weighted by Gasteiger charge is -2.67. The summed E-state index contributed by atoms with van der Waals surface area (Å²) in [6.07, 6.45) is -11.2. The van der Waals surface area contributed by atoms with Crippen LogP contribution in [0.1, 0.15) is 90.2 Å². The first-order valence-electron chi connectivity index (χ1n) is 21.5. The fourth-order valence-corrected chi connectivity index (χ4v) is 11.1. The molecule has 11 atom stereocenters. The van der Waals surface area contributed by atoms with Crippen LogP contribution in [0.15, 0.2) is 71.8 Å². The van der Waals surface area contributed by atoms with Gasteiger partial charge in [-0.2, -0.15) is 0 Å². The monoisotopic (exact) mass is 977 g/mol. The summed E-state index contributed by atoms with van der Waals surface area (Å²) in [5, 5.41) is 14.0. The minimum Gasteiger partial charge on any atom is -0.456 e. The van der Waals surface area contributed by atoms with Crippen molar-refractivity contribution in [2.45, 2.75) is 132 Å². The van der Waals surface area contributed by atoms with Crippen LogP contribution in [0.3, 0.4) is 0 Å². The first-order valence-corrected chi connectivity index (χ1v) is 22.6. The number of ether oxygens (including phenoxy) is 8. The van der Waals surface area contributed by atoms with Crippen LogP contribution < -0.4 is 0 Å². The summed E-state index contributed by atoms with van der Waals surface area (Å²) in [5.41, 5.74) is -8.00. The molecule has 19 heteroatoms. The lowest BCUT2D eigenvalue weighted by atomic mass is 9.44. The average molecular weight is 979 g/mol. The molecule has 2 saturated carbocycles. The fourth-order valence-electron chi connectivity index (χ4n) is 10.9. The molecule has 7 rings (SSSR count). The number of ketones is 1. The van der Waals surface area contributed by atoms with E-state index in [0.29, 0.717) is 0 Å². The molecule has 2 aromatic carbocycles. The van der Waals surface area contributed by atoms with E-state index in [1.807, 2.05) is 56.1 Å². The van der Waals surface area contributed by atoms with Gasteiger partial charge in [0.2, 0.25) is 3.79 Å². The van der Waals surface area contributed by atoms with Crippen molar-refractivity contribution in [2.75, 3.05) is 20.3 Å². The first kappa shape index (κ1) is 49.6. The standard InChI is InChI=1S/C47H54Cl3NO15/c1-24-29(62-40(56)35-33(27-16-12-10-13-17-27)51(9)43(6,7)66-35)21-46(58)38(64-39(55)28-18-14-11-15-19-28)36-44(8,37(54)34(61-25(2)52)32(24)42(46,4)5)30(63-41(57)60-23-47(48,49)50)20-31-45(36,22-59-31)65-26(3)53/h10-19,29-31,33-36,38,58H,20-23H2,1-9H3/t29?,30?,31?,33?,34?,35-,36?,38?,44-,45?,46?/m1/s1. The van der Waals surface area contributed by atoms with Gasteiger partial charge >= 0.3 is 30.0 Å². The highest BCUT2D eigenvalue weighted by molar-refractivity contribution is 6.67. The van der Waals surface area contributed by atoms with Crippen molar-refractivity contribution in [3.63, 3.8) is 0 Å². The molecule has 2 heterocycles. The zero-order valence-corrected chi connectivity index (χ0v) is 40.2. The van der Waals surface area contributed by atoms with Crippen LogP contribution in [-0.2, 0) is 57.1 Å². The van der Waals surface area contributed by atoms with E-state index in [-0.39, 0.29) is 29.7 Å². The number of rotatable bonds is 9. The molecular formula is C47H54Cl3NO15. The number of nitrogens with zero attached hydrogens (tertiary/aromatic N) is 1. The SMILES string of the molecule is CC(=O)OC1C(=O)[C@]2(C)C(OC(=O)OCC(Cl)(Cl)Cl)CC3OCC3(OC(C)=O)C2C(OC(=O)c2ccccc2)C2(O)CC(OC(=O)[C@@H]3OC(C)(C)N(C)C3c3ccccc3)C(C)=C1C2(C)C. The molecule has 0 amide bonds. The molecular weight excluding hydrogens is 925 g/mol. The van der Waals surface area contributed by atoms with Gasteiger partial charge in [0.1, 0.15) is 42.3 Å². The second-order valence-corrected chi connectivity index (χ2v) is 21.4. The quantitative estimate of drug-likeness (QED) is 0.123. The van der Waals surface area contributed by atoms with Crippen LogP contribution in [0.4, 0.5) is 4.79 Å². The highest BCUT2D eigenvalue weighted by Crippen LogP contribution is 2.65. The predicted octanol–water partition coefficient (Wildman–Crippen LogP) is 6.54. The van der Waals surface area contributed by atoms with Crippen molar-refractivity contribution in [3.05, 3.63) is 82.9 Å². The third kappa shape index (κ3) is 8.49. The molecule has 0 spiro atoms. The molecule has 2 aliphatic heterocycles. The molecule has 2 bridgehead atoms. The lowest BCUT2D eigenvalue weighted by molar-refractivity contribution is -0.346. The van der Waals surface area contributed by atoms with Gasteiger partial charge in [-0.1, -0.05) is 97.2 Å². The molecule has 0 aromatic heterocycles. The average Bonchev–Trinajstić information content (AvgIpc) is 3.48. The smallest absolute Gasteiger partial charge is 0.456 e. The van der Waals surface area contributed by atoms with Gasteiger partial charge in [0.15, 0.2) is 23.6 Å². The van der Waals surface area contributed by atoms with Crippen LogP contribution in [0.2, 0.25) is 0 Å². The van der Waals surface area contributed by atoms with Gasteiger partial charge in [0.05, 0.1) is 29.5 Å². The Bertz CT molecular complexity index is 2300. The maximum atomic E-state index is 16.0. The summed E-state index contributed by atoms with van der Waals surface area (Å²) in [6, 6.07) is 16.5. The summed E-state index contributed by atoms with van der Waals surface area (Å²) < 4.78 is 46.5. The zero-order chi connectivity index (χ0) is 48.5. The number of benzene rings is 2. The number of hydrogen-bond donors (Lipinski definition) is 1. The topological polar surface area (TPSA) is 200 Å². The van der Waals surface area contributed by atoms with E-state index < -0.39 is 129 Å². The molecule has 0 radical (unpaired) electrons. The number of Topliss-reactive ketones (excluding diaryl/α,β-unsaturated/α-hetero) is 1. The summed E-state index contributed by atoms with van der Waals surface area (Å²) in [5.74, 6) is -6.05. The maximum absolute atomic E-state index is 16.0. The maximum Gasteiger partial charge on any atom is 0.508 e. The molecule has 1 N–H and O–H groups in total. The van der Waals surface area contributed by atoms with E-state index in [2.05, 4.69) is 0 Å². The third-order valence-corrected chi connectivity index (χ3v) is 14.7. The van der Waals surface area contributed by atoms with Crippen molar-refractivity contribution in [3.8, 4) is 0 Å². The van der Waals surface area contributed by atoms with Crippen LogP contribution >= 0.6 is 34.8 Å². The van der Waals surface area contributed by atoms with E-state index >= 15 is 4.79 Å². The van der Waals surface area contributed by atoms with Gasteiger partial charge in [-0.05, 0) is 63.6 Å². The Morgan fingerprint density at radius 3 is 2.06 bits per heavy atom. The Balaban J connectivity index is 1.45. The van der Waals surface area contributed by atoms with Crippen molar-refractivity contribution < 1.29 is 71.8 Å². The normalized spacial score (nSPS) is 34.5. The third-order valence-electron chi connectivity index (χ3n) is 14.3. The van der Waals surface area contributed by atoms with Crippen LogP contribution in [-0.4, -0.2) is 123 Å². The van der Waals surface area contributed by atoms with E-state index in [0.717, 1.165) is 19.4 Å². The summed E-state index contributed by atoms with van der Waals surface area (Å²) in [6.45, 7) is 10.9. The van der Waals surface area contributed by atoms with Gasteiger partial charge in [-0.3, -0.25) is 19.3 Å². The zero-order valence-electron chi connectivity index (χ0n) is 38.0. The van der Waals surface area contributed by atoms with Crippen LogP contribution in [0.5, 0.6) is 0 Å². The Labute approximate surface area is 397 Å². The van der Waals surface area contributed by atoms with Gasteiger partial charge in [0.25, 0.3) is 0 Å². The molecule has 4 fully saturated rings. The summed E-state index contributed by atoms with van der Waals surface area (Å²) >= 11 is 17.6. The highest BCUT2D eigenvalue weighted by Gasteiger charge is 2.79. The molecule has 2 aromatic rings. The first-order chi connectivity index (χ1) is 30.7. The van der Waals surface area contributed by atoms with Crippen molar-refractivity contribution >= 4 is 70.6 Å². The van der Waals surface area contributed by atoms with E-state index in [9.17, 15) is 29.1 Å². The van der Waals surface area contributed by atoms with Gasteiger partial charge in [-0.15, -0.1) is 0 Å². The fraction of sp³-hybridized carbons (Fsp3) is 0.574. The number of likely N-dealkylation sites (N-methyl/N-ethyl adjacent to an activating group) is 1. The molecule has 66 heavy (non-hydrogen) atoms. The number of halogens is 3. The number of hydrogen-bond acceptors (Lipinski definition) is 16. The Morgan fingerprint density at radius 2 is 1.50 bits per heavy atom. The number of carbonyl (C=O) groups excluding carboxylic acids is 6. The Kier molecular flexibility index (Phi) is 13.3. The van der Waals surface area contributed by atoms with Gasteiger partial charge in [-0.25, -0.2) is 14.4 Å². The Morgan fingerprint density at radius 1 is 0.879 bits per heavy atom. The molecule has 16 nitrogen and oxygen atoms in total. The van der Waals surface area contributed by atoms with Gasteiger partial charge < -0.3 is 43.0 Å². The second-order valence-electron chi connectivity index (χ2n) is 18.9. The largest absolute Gasteiger partial charge is 0.508 e. The molecule has 358 valence electrons. The van der Waals surface area contributed by atoms with Crippen molar-refractivity contribution in [1.29, 1.82) is 0 Å². The van der Waals surface area contributed by atoms with Crippen molar-refractivity contribution in [2.24, 2.45) is 16.7 Å². The molecule has 3 aliphatic carbocycles. The van der Waals surface area contributed by atoms with E-state index in [1.54, 1.807) is 39.0 Å². The molecule has 9 unspecified atom stereocenters. The van der Waals surface area contributed by atoms with E-state index in [1.165, 1.54) is 19.1 Å². The summed E-state index contributed by atoms with van der Waals surface area (Å²) in [7, 11) is 1.82. The predicted molar refractivity (Wildman–Crippen MR) is 235 cm³/mol. The Hall–Kier alpha value is -4.29. The number of carbonyl (C=O) groups is 6.